The van der Waals surface area contributed by atoms with Crippen molar-refractivity contribution in [1.82, 2.24) is 5.06 Å². The zero-order valence-electron chi connectivity index (χ0n) is 19.0. The van der Waals surface area contributed by atoms with Crippen molar-refractivity contribution in [2.24, 2.45) is 0 Å². The lowest BCUT2D eigenvalue weighted by molar-refractivity contribution is -0.236. The first-order chi connectivity index (χ1) is 15.4. The van der Waals surface area contributed by atoms with Gasteiger partial charge in [0.25, 0.3) is 5.91 Å². The monoisotopic (exact) mass is 441 g/mol. The normalized spacial score (nSPS) is 26.1. The van der Waals surface area contributed by atoms with E-state index in [1.807, 2.05) is 68.4 Å². The maximum absolute atomic E-state index is 12.2. The number of hydroxylamine groups is 2. The fraction of sp³-hybridized carbons (Fsp3) is 0.480. The van der Waals surface area contributed by atoms with Gasteiger partial charge in [-0.15, -0.1) is 0 Å². The number of hydrogen-bond acceptors (Lipinski definition) is 6. The number of carbonyl (C=O) groups is 1. The maximum atomic E-state index is 12.2. The number of benzene rings is 2. The zero-order valence-corrected chi connectivity index (χ0v) is 19.0. The van der Waals surface area contributed by atoms with Crippen molar-refractivity contribution >= 4 is 5.91 Å². The number of aryl methyl sites for hydroxylation is 1. The summed E-state index contributed by atoms with van der Waals surface area (Å²) < 4.78 is 24.6. The Balaban J connectivity index is 1.37. The summed E-state index contributed by atoms with van der Waals surface area (Å²) in [7, 11) is 3.06. The highest BCUT2D eigenvalue weighted by atomic mass is 16.8. The molecule has 4 atom stereocenters. The molecule has 0 aliphatic carbocycles. The van der Waals surface area contributed by atoms with Crippen LogP contribution >= 0.6 is 0 Å². The van der Waals surface area contributed by atoms with Crippen LogP contribution in [0.5, 0.6) is 0 Å². The molecule has 2 saturated heterocycles. The van der Waals surface area contributed by atoms with Crippen molar-refractivity contribution < 1.29 is 28.6 Å². The van der Waals surface area contributed by atoms with E-state index < -0.39 is 12.1 Å². The summed E-state index contributed by atoms with van der Waals surface area (Å²) in [6.45, 7) is 4.30. The molecule has 2 aromatic carbocycles. The molecule has 2 aliphatic rings. The highest BCUT2D eigenvalue weighted by molar-refractivity contribution is 5.93. The van der Waals surface area contributed by atoms with Crippen LogP contribution in [0, 0.1) is 0 Å². The molecule has 7 heteroatoms. The average Bonchev–Trinajstić information content (AvgIpc) is 3.29. The average molecular weight is 442 g/mol. The predicted octanol–water partition coefficient (Wildman–Crippen LogP) is 3.71. The van der Waals surface area contributed by atoms with E-state index in [9.17, 15) is 4.79 Å². The van der Waals surface area contributed by atoms with Crippen molar-refractivity contribution in [3.8, 4) is 0 Å². The molecule has 7 nitrogen and oxygen atoms in total. The summed E-state index contributed by atoms with van der Waals surface area (Å²) in [6, 6.07) is 17.6. The van der Waals surface area contributed by atoms with E-state index in [0.717, 1.165) is 24.0 Å². The van der Waals surface area contributed by atoms with Crippen molar-refractivity contribution in [2.45, 2.75) is 63.7 Å². The molecule has 0 N–H and O–H groups in total. The molecular formula is C25H31NO6. The molecule has 0 aromatic heterocycles. The van der Waals surface area contributed by atoms with Gasteiger partial charge >= 0.3 is 0 Å². The van der Waals surface area contributed by atoms with Crippen LogP contribution in [-0.2, 0) is 36.8 Å². The molecule has 32 heavy (non-hydrogen) atoms. The summed E-state index contributed by atoms with van der Waals surface area (Å²) in [5.41, 5.74) is 2.79. The molecule has 2 heterocycles. The fourth-order valence-electron chi connectivity index (χ4n) is 4.15. The molecule has 2 fully saturated rings. The van der Waals surface area contributed by atoms with Crippen LogP contribution in [0.1, 0.15) is 41.8 Å². The minimum atomic E-state index is -0.666. The molecule has 172 valence electrons. The molecule has 2 aromatic rings. The smallest absolute Gasteiger partial charge is 0.277 e. The molecule has 2 aliphatic heterocycles. The van der Waals surface area contributed by atoms with Gasteiger partial charge in [-0.25, -0.2) is 5.06 Å². The van der Waals surface area contributed by atoms with Gasteiger partial charge in [-0.05, 0) is 49.9 Å². The van der Waals surface area contributed by atoms with Crippen LogP contribution in [0.25, 0.3) is 0 Å². The van der Waals surface area contributed by atoms with E-state index in [0.29, 0.717) is 12.2 Å². The third-order valence-corrected chi connectivity index (χ3v) is 5.84. The first-order valence-electron chi connectivity index (χ1n) is 10.9. The predicted molar refractivity (Wildman–Crippen MR) is 118 cm³/mol. The Labute approximate surface area is 189 Å². The molecule has 0 radical (unpaired) electrons. The molecule has 0 saturated carbocycles. The van der Waals surface area contributed by atoms with E-state index in [2.05, 4.69) is 0 Å². The van der Waals surface area contributed by atoms with Crippen molar-refractivity contribution in [3.63, 3.8) is 0 Å². The second-order valence-electron chi connectivity index (χ2n) is 8.63. The van der Waals surface area contributed by atoms with Gasteiger partial charge in [0.15, 0.2) is 12.1 Å². The number of nitrogens with zero attached hydrogens (tertiary/aromatic N) is 1. The Bertz CT molecular complexity index is 900. The van der Waals surface area contributed by atoms with Gasteiger partial charge in [0, 0.05) is 12.6 Å². The van der Waals surface area contributed by atoms with Crippen molar-refractivity contribution in [2.75, 3.05) is 14.2 Å². The standard InChI is InChI=1S/C25H31NO6/c1-25(2)31-21-20(15-12-17-10-13-19(14-11-17)23(27)26(3)28-4)30-24(22(21)32-25)29-16-18-8-6-5-7-9-18/h5-11,13-14,20-22,24H,12,15-16H2,1-4H3/t20-,21+,22+,24+/m1/s1. The molecular weight excluding hydrogens is 410 g/mol. The van der Waals surface area contributed by atoms with Crippen LogP contribution < -0.4 is 0 Å². The Kier molecular flexibility index (Phi) is 6.93. The molecule has 1 amide bonds. The number of rotatable bonds is 8. The van der Waals surface area contributed by atoms with Gasteiger partial charge in [0.05, 0.1) is 19.8 Å². The van der Waals surface area contributed by atoms with Crippen LogP contribution in [0.2, 0.25) is 0 Å². The van der Waals surface area contributed by atoms with E-state index in [-0.39, 0.29) is 24.2 Å². The second kappa shape index (κ2) is 9.68. The highest BCUT2D eigenvalue weighted by Gasteiger charge is 2.55. The quantitative estimate of drug-likeness (QED) is 0.582. The summed E-state index contributed by atoms with van der Waals surface area (Å²) in [5.74, 6) is -0.848. The van der Waals surface area contributed by atoms with Gasteiger partial charge in [-0.3, -0.25) is 9.63 Å². The Morgan fingerprint density at radius 2 is 1.69 bits per heavy atom. The summed E-state index contributed by atoms with van der Waals surface area (Å²) in [5, 5.41) is 1.20. The molecule has 0 bridgehead atoms. The summed E-state index contributed by atoms with van der Waals surface area (Å²) >= 11 is 0. The van der Waals surface area contributed by atoms with Gasteiger partial charge in [0.2, 0.25) is 0 Å². The lowest BCUT2D eigenvalue weighted by Crippen LogP contribution is -2.31. The Morgan fingerprint density at radius 3 is 2.38 bits per heavy atom. The summed E-state index contributed by atoms with van der Waals surface area (Å²) in [4.78, 5) is 17.1. The number of ether oxygens (including phenoxy) is 4. The topological polar surface area (TPSA) is 66.5 Å². The molecule has 0 unspecified atom stereocenters. The van der Waals surface area contributed by atoms with Crippen molar-refractivity contribution in [1.29, 1.82) is 0 Å². The van der Waals surface area contributed by atoms with E-state index in [4.69, 9.17) is 23.8 Å². The van der Waals surface area contributed by atoms with E-state index >= 15 is 0 Å². The minimum Gasteiger partial charge on any atom is -0.345 e. The second-order valence-corrected chi connectivity index (χ2v) is 8.63. The number of fused-ring (bicyclic) bond motifs is 1. The molecule has 4 rings (SSSR count). The highest BCUT2D eigenvalue weighted by Crippen LogP contribution is 2.40. The number of amides is 1. The maximum Gasteiger partial charge on any atom is 0.277 e. The van der Waals surface area contributed by atoms with Crippen LogP contribution in [0.15, 0.2) is 54.6 Å². The van der Waals surface area contributed by atoms with E-state index in [1.165, 1.54) is 12.2 Å². The third kappa shape index (κ3) is 5.19. The van der Waals surface area contributed by atoms with Gasteiger partial charge in [-0.1, -0.05) is 42.5 Å². The number of carbonyl (C=O) groups excluding carboxylic acids is 1. The fourth-order valence-corrected chi connectivity index (χ4v) is 4.15. The first kappa shape index (κ1) is 22.9. The number of hydrogen-bond donors (Lipinski definition) is 0. The van der Waals surface area contributed by atoms with Crippen LogP contribution in [-0.4, -0.2) is 55.5 Å². The molecule has 0 spiro atoms. The minimum absolute atomic E-state index is 0.136. The largest absolute Gasteiger partial charge is 0.345 e. The Hall–Kier alpha value is -2.29. The van der Waals surface area contributed by atoms with Crippen molar-refractivity contribution in [3.05, 3.63) is 71.3 Å². The zero-order chi connectivity index (χ0) is 22.7. The van der Waals surface area contributed by atoms with Gasteiger partial charge in [-0.2, -0.15) is 0 Å². The van der Waals surface area contributed by atoms with Gasteiger partial charge < -0.3 is 18.9 Å². The first-order valence-corrected chi connectivity index (χ1v) is 10.9. The lowest BCUT2D eigenvalue weighted by Gasteiger charge is -2.24. The summed E-state index contributed by atoms with van der Waals surface area (Å²) in [6.07, 6.45) is 0.500. The SMILES string of the molecule is CON(C)C(=O)c1ccc(CC[C@H]2O[C@H](OCc3ccccc3)[C@H]3OC(C)(C)O[C@H]32)cc1. The Morgan fingerprint density at radius 1 is 1.00 bits per heavy atom. The van der Waals surface area contributed by atoms with E-state index in [1.54, 1.807) is 7.05 Å². The van der Waals surface area contributed by atoms with Gasteiger partial charge in [0.1, 0.15) is 12.2 Å². The van der Waals surface area contributed by atoms with Crippen LogP contribution in [0.3, 0.4) is 0 Å². The lowest BCUT2D eigenvalue weighted by atomic mass is 10.0. The third-order valence-electron chi connectivity index (χ3n) is 5.84. The van der Waals surface area contributed by atoms with Crippen LogP contribution in [0.4, 0.5) is 0 Å².